The third kappa shape index (κ3) is 3.46. The van der Waals surface area contributed by atoms with Crippen LogP contribution in [0.1, 0.15) is 57.1 Å². The molecule has 0 aliphatic carbocycles. The quantitative estimate of drug-likeness (QED) is 0.734. The Morgan fingerprint density at radius 3 is 2.11 bits per heavy atom. The molecule has 0 saturated heterocycles. The van der Waals surface area contributed by atoms with Gasteiger partial charge in [-0.05, 0) is 11.8 Å². The molecule has 5 heteroatoms. The van der Waals surface area contributed by atoms with E-state index in [1.807, 2.05) is 0 Å². The maximum absolute atomic E-state index is 12.9. The van der Waals surface area contributed by atoms with Gasteiger partial charge in [0, 0.05) is 23.0 Å². The van der Waals surface area contributed by atoms with Crippen LogP contribution in [0.4, 0.5) is 8.78 Å². The van der Waals surface area contributed by atoms with Gasteiger partial charge in [-0.25, -0.2) is 18.7 Å². The summed E-state index contributed by atoms with van der Waals surface area (Å²) >= 11 is 3.18. The predicted octanol–water partition coefficient (Wildman–Crippen LogP) is 4.70. The molecule has 1 aromatic rings. The SMILES string of the molecule is CC(C)C(c1ncc(CBr)c(C(F)F)n1)C(C)C. The molecule has 0 radical (unpaired) electrons. The van der Waals surface area contributed by atoms with Crippen LogP contribution in [0.3, 0.4) is 0 Å². The first kappa shape index (κ1) is 15.5. The molecule has 1 aromatic heterocycles. The van der Waals surface area contributed by atoms with Gasteiger partial charge in [0.05, 0.1) is 0 Å². The van der Waals surface area contributed by atoms with Crippen LogP contribution in [0.2, 0.25) is 0 Å². The number of hydrogen-bond donors (Lipinski definition) is 0. The summed E-state index contributed by atoms with van der Waals surface area (Å²) in [5, 5.41) is 0.348. The molecule has 0 aliphatic heterocycles. The summed E-state index contributed by atoms with van der Waals surface area (Å²) in [6.45, 7) is 8.26. The molecule has 0 spiro atoms. The van der Waals surface area contributed by atoms with Crippen LogP contribution in [-0.2, 0) is 5.33 Å². The van der Waals surface area contributed by atoms with Gasteiger partial charge in [0.25, 0.3) is 6.43 Å². The monoisotopic (exact) mass is 320 g/mol. The highest BCUT2D eigenvalue weighted by atomic mass is 79.9. The lowest BCUT2D eigenvalue weighted by Crippen LogP contribution is -2.18. The van der Waals surface area contributed by atoms with Gasteiger partial charge in [0.15, 0.2) is 0 Å². The topological polar surface area (TPSA) is 25.8 Å². The minimum Gasteiger partial charge on any atom is -0.241 e. The molecular formula is C13H19BrF2N2. The molecule has 102 valence electrons. The first-order valence-corrected chi connectivity index (χ1v) is 7.20. The van der Waals surface area contributed by atoms with E-state index in [9.17, 15) is 8.78 Å². The molecular weight excluding hydrogens is 302 g/mol. The van der Waals surface area contributed by atoms with Gasteiger partial charge in [-0.15, -0.1) is 0 Å². The van der Waals surface area contributed by atoms with Crippen LogP contribution in [0.5, 0.6) is 0 Å². The van der Waals surface area contributed by atoms with Crippen molar-refractivity contribution in [3.05, 3.63) is 23.3 Å². The number of aromatic nitrogens is 2. The van der Waals surface area contributed by atoms with E-state index in [1.54, 1.807) is 0 Å². The Morgan fingerprint density at radius 2 is 1.72 bits per heavy atom. The Hall–Kier alpha value is -0.580. The van der Waals surface area contributed by atoms with Gasteiger partial charge >= 0.3 is 0 Å². The van der Waals surface area contributed by atoms with Crippen molar-refractivity contribution in [1.29, 1.82) is 0 Å². The standard InChI is InChI=1S/C13H19BrF2N2/c1-7(2)10(8(3)4)13-17-6-9(5-14)11(18-13)12(15)16/h6-8,10,12H,5H2,1-4H3. The zero-order chi connectivity index (χ0) is 13.9. The van der Waals surface area contributed by atoms with Crippen molar-refractivity contribution in [3.63, 3.8) is 0 Å². The average Bonchev–Trinajstić information content (AvgIpc) is 2.27. The summed E-state index contributed by atoms with van der Waals surface area (Å²) in [7, 11) is 0. The number of halogens is 3. The Morgan fingerprint density at radius 1 is 1.17 bits per heavy atom. The van der Waals surface area contributed by atoms with E-state index in [1.165, 1.54) is 6.20 Å². The van der Waals surface area contributed by atoms with Gasteiger partial charge < -0.3 is 0 Å². The summed E-state index contributed by atoms with van der Waals surface area (Å²) in [5.41, 5.74) is 0.309. The lowest BCUT2D eigenvalue weighted by Gasteiger charge is -2.24. The molecule has 0 N–H and O–H groups in total. The number of alkyl halides is 3. The van der Waals surface area contributed by atoms with E-state index in [0.717, 1.165) is 0 Å². The van der Waals surface area contributed by atoms with E-state index < -0.39 is 6.43 Å². The normalized spacial score (nSPS) is 12.2. The second kappa shape index (κ2) is 6.55. The smallest absolute Gasteiger partial charge is 0.241 e. The summed E-state index contributed by atoms with van der Waals surface area (Å²) in [5.74, 6) is 1.28. The van der Waals surface area contributed by atoms with Crippen molar-refractivity contribution in [2.75, 3.05) is 0 Å². The molecule has 0 unspecified atom stereocenters. The van der Waals surface area contributed by atoms with Crippen molar-refractivity contribution >= 4 is 15.9 Å². The van der Waals surface area contributed by atoms with Crippen molar-refractivity contribution in [2.45, 2.75) is 45.4 Å². The largest absolute Gasteiger partial charge is 0.280 e. The highest BCUT2D eigenvalue weighted by molar-refractivity contribution is 9.08. The minimum atomic E-state index is -2.56. The molecule has 0 atom stereocenters. The second-order valence-electron chi connectivity index (χ2n) is 5.09. The summed E-state index contributed by atoms with van der Waals surface area (Å²) in [6, 6.07) is 0. The summed E-state index contributed by atoms with van der Waals surface area (Å²) in [6.07, 6.45) is -1.05. The van der Waals surface area contributed by atoms with Crippen LogP contribution < -0.4 is 0 Å². The molecule has 18 heavy (non-hydrogen) atoms. The Bertz CT molecular complexity index is 387. The molecule has 0 saturated carbocycles. The molecule has 0 aliphatic rings. The first-order valence-electron chi connectivity index (χ1n) is 6.08. The van der Waals surface area contributed by atoms with E-state index in [-0.39, 0.29) is 11.6 Å². The van der Waals surface area contributed by atoms with E-state index >= 15 is 0 Å². The Kier molecular flexibility index (Phi) is 5.63. The maximum Gasteiger partial charge on any atom is 0.280 e. The average molecular weight is 321 g/mol. The molecule has 1 heterocycles. The maximum atomic E-state index is 12.9. The van der Waals surface area contributed by atoms with E-state index in [4.69, 9.17) is 0 Å². The van der Waals surface area contributed by atoms with Gasteiger partial charge in [-0.2, -0.15) is 0 Å². The van der Waals surface area contributed by atoms with Gasteiger partial charge in [-0.1, -0.05) is 43.6 Å². The van der Waals surface area contributed by atoms with Crippen molar-refractivity contribution in [1.82, 2.24) is 9.97 Å². The van der Waals surface area contributed by atoms with Crippen molar-refractivity contribution in [2.24, 2.45) is 11.8 Å². The molecule has 0 bridgehead atoms. The molecule has 0 amide bonds. The first-order chi connectivity index (χ1) is 8.38. The molecule has 0 aromatic carbocycles. The second-order valence-corrected chi connectivity index (χ2v) is 5.65. The predicted molar refractivity (Wildman–Crippen MR) is 72.0 cm³/mol. The third-order valence-corrected chi connectivity index (χ3v) is 3.61. The zero-order valence-electron chi connectivity index (χ0n) is 11.1. The Balaban J connectivity index is 3.21. The number of hydrogen-bond acceptors (Lipinski definition) is 2. The van der Waals surface area contributed by atoms with Gasteiger partial charge in [0.2, 0.25) is 0 Å². The lowest BCUT2D eigenvalue weighted by molar-refractivity contribution is 0.144. The molecule has 0 fully saturated rings. The van der Waals surface area contributed by atoms with Crippen LogP contribution in [0.15, 0.2) is 6.20 Å². The van der Waals surface area contributed by atoms with Crippen LogP contribution in [0.25, 0.3) is 0 Å². The zero-order valence-corrected chi connectivity index (χ0v) is 12.7. The number of nitrogens with zero attached hydrogens (tertiary/aromatic N) is 2. The van der Waals surface area contributed by atoms with E-state index in [0.29, 0.717) is 28.6 Å². The molecule has 1 rings (SSSR count). The summed E-state index contributed by atoms with van der Waals surface area (Å²) < 4.78 is 25.9. The van der Waals surface area contributed by atoms with Crippen LogP contribution in [0, 0.1) is 11.8 Å². The lowest BCUT2D eigenvalue weighted by atomic mass is 9.85. The van der Waals surface area contributed by atoms with Crippen LogP contribution >= 0.6 is 15.9 Å². The number of rotatable bonds is 5. The fourth-order valence-electron chi connectivity index (χ4n) is 2.25. The fourth-order valence-corrected chi connectivity index (χ4v) is 2.68. The highest BCUT2D eigenvalue weighted by Gasteiger charge is 2.25. The van der Waals surface area contributed by atoms with Gasteiger partial charge in [0.1, 0.15) is 11.5 Å². The Labute approximate surface area is 115 Å². The minimum absolute atomic E-state index is 0.104. The fraction of sp³-hybridized carbons (Fsp3) is 0.692. The highest BCUT2D eigenvalue weighted by Crippen LogP contribution is 2.31. The van der Waals surface area contributed by atoms with Gasteiger partial charge in [-0.3, -0.25) is 0 Å². The summed E-state index contributed by atoms with van der Waals surface area (Å²) in [4.78, 5) is 8.36. The third-order valence-electron chi connectivity index (χ3n) is 3.00. The van der Waals surface area contributed by atoms with E-state index in [2.05, 4.69) is 53.6 Å². The van der Waals surface area contributed by atoms with Crippen LogP contribution in [-0.4, -0.2) is 9.97 Å². The van der Waals surface area contributed by atoms with Crippen molar-refractivity contribution in [3.8, 4) is 0 Å². The van der Waals surface area contributed by atoms with Crippen molar-refractivity contribution < 1.29 is 8.78 Å². The molecule has 2 nitrogen and oxygen atoms in total.